The number of carboxylic acids is 1. The number of carbonyl (C=O) groups is 2. The molecular weight excluding hydrogens is 519 g/mol. The summed E-state index contributed by atoms with van der Waals surface area (Å²) in [5, 5.41) is 31.8. The summed E-state index contributed by atoms with van der Waals surface area (Å²) in [6.45, 7) is 4.97. The molecule has 3 atom stereocenters. The van der Waals surface area contributed by atoms with E-state index >= 15 is 0 Å². The third kappa shape index (κ3) is 8.57. The molecule has 0 fully saturated rings. The molecule has 0 saturated heterocycles. The third-order valence-electron chi connectivity index (χ3n) is 5.57. The number of nitrogens with zero attached hydrogens (tertiary/aromatic N) is 3. The monoisotopic (exact) mass is 552 g/mol. The number of anilines is 1. The van der Waals surface area contributed by atoms with Crippen LogP contribution < -0.4 is 9.62 Å². The number of halogens is 1. The number of aliphatic carboxylic acids is 1. The molecule has 13 heteroatoms. The number of amides is 1. The first-order valence-electron chi connectivity index (χ1n) is 11.8. The average Bonchev–Trinajstić information content (AvgIpc) is 2.81. The zero-order chi connectivity index (χ0) is 28.8. The van der Waals surface area contributed by atoms with Crippen LogP contribution >= 0.6 is 0 Å². The van der Waals surface area contributed by atoms with Gasteiger partial charge in [-0.25, -0.2) is 27.1 Å². The van der Waals surface area contributed by atoms with Gasteiger partial charge in [0.1, 0.15) is 11.9 Å². The number of benzene rings is 1. The molecule has 11 nitrogen and oxygen atoms in total. The molecule has 38 heavy (non-hydrogen) atoms. The van der Waals surface area contributed by atoms with Crippen molar-refractivity contribution in [3.8, 4) is 11.3 Å². The summed E-state index contributed by atoms with van der Waals surface area (Å²) in [4.78, 5) is 31.6. The van der Waals surface area contributed by atoms with E-state index in [1.165, 1.54) is 50.4 Å². The maximum atomic E-state index is 13.6. The topological polar surface area (TPSA) is 170 Å². The Kier molecular flexibility index (Phi) is 10.5. The van der Waals surface area contributed by atoms with E-state index in [0.717, 1.165) is 10.6 Å². The minimum atomic E-state index is -3.68. The quantitative estimate of drug-likeness (QED) is 0.307. The van der Waals surface area contributed by atoms with Gasteiger partial charge in [-0.1, -0.05) is 26.0 Å². The molecule has 4 N–H and O–H groups in total. The number of carbonyl (C=O) groups excluding carboxylic acids is 1. The highest BCUT2D eigenvalue weighted by molar-refractivity contribution is 7.92. The molecule has 1 amide bonds. The van der Waals surface area contributed by atoms with Crippen molar-refractivity contribution in [2.75, 3.05) is 17.6 Å². The molecule has 0 spiro atoms. The number of aliphatic hydroxyl groups excluding tert-OH is 2. The van der Waals surface area contributed by atoms with Crippen molar-refractivity contribution in [1.82, 2.24) is 15.3 Å². The number of aromatic nitrogens is 2. The maximum absolute atomic E-state index is 13.6. The van der Waals surface area contributed by atoms with Crippen LogP contribution in [0, 0.1) is 5.82 Å². The maximum Gasteiger partial charge on any atom is 0.325 e. The van der Waals surface area contributed by atoms with Gasteiger partial charge < -0.3 is 20.6 Å². The Morgan fingerprint density at radius 3 is 2.26 bits per heavy atom. The van der Waals surface area contributed by atoms with Crippen LogP contribution in [0.25, 0.3) is 17.3 Å². The number of nitrogens with one attached hydrogen (secondary N) is 1. The number of hydrogen-bond acceptors (Lipinski definition) is 8. The lowest BCUT2D eigenvalue weighted by molar-refractivity contribution is -0.141. The highest BCUT2D eigenvalue weighted by atomic mass is 32.2. The highest BCUT2D eigenvalue weighted by Gasteiger charge is 2.23. The molecule has 0 radical (unpaired) electrons. The average molecular weight is 553 g/mol. The Hall–Kier alpha value is -3.42. The molecule has 1 aromatic carbocycles. The lowest BCUT2D eigenvalue weighted by atomic mass is 9.97. The molecule has 0 aliphatic carbocycles. The first-order chi connectivity index (χ1) is 17.6. The Bertz CT molecular complexity index is 1280. The second-order valence-electron chi connectivity index (χ2n) is 9.21. The summed E-state index contributed by atoms with van der Waals surface area (Å²) in [6.07, 6.45) is 0.843. The van der Waals surface area contributed by atoms with E-state index in [0.29, 0.717) is 22.5 Å². The van der Waals surface area contributed by atoms with Gasteiger partial charge in [0.15, 0.2) is 0 Å². The summed E-state index contributed by atoms with van der Waals surface area (Å²) >= 11 is 0. The molecule has 1 aromatic heterocycles. The fraction of sp³-hybridized carbons (Fsp3) is 0.440. The zero-order valence-corrected chi connectivity index (χ0v) is 22.6. The van der Waals surface area contributed by atoms with Gasteiger partial charge in [0.2, 0.25) is 21.9 Å². The molecule has 0 saturated carbocycles. The predicted octanol–water partition coefficient (Wildman–Crippen LogP) is 1.91. The number of sulfonamides is 1. The van der Waals surface area contributed by atoms with Crippen LogP contribution in [0.1, 0.15) is 50.8 Å². The van der Waals surface area contributed by atoms with E-state index in [2.05, 4.69) is 15.3 Å². The van der Waals surface area contributed by atoms with E-state index < -0.39 is 52.4 Å². The minimum absolute atomic E-state index is 0.0785. The molecule has 2 aromatic rings. The van der Waals surface area contributed by atoms with Gasteiger partial charge in [-0.05, 0) is 37.1 Å². The van der Waals surface area contributed by atoms with Crippen LogP contribution in [0.2, 0.25) is 0 Å². The van der Waals surface area contributed by atoms with Gasteiger partial charge in [0, 0.05) is 24.6 Å². The predicted molar refractivity (Wildman–Crippen MR) is 140 cm³/mol. The fourth-order valence-corrected chi connectivity index (χ4v) is 3.80. The normalized spacial score (nSPS) is 14.3. The molecule has 0 aliphatic rings. The van der Waals surface area contributed by atoms with Crippen LogP contribution in [0.15, 0.2) is 30.3 Å². The van der Waals surface area contributed by atoms with Crippen LogP contribution in [-0.4, -0.2) is 77.1 Å². The molecule has 0 bridgehead atoms. The SMILES string of the molecule is CC(C)c1nc(N(C)S(C)(=O)=O)nc(-c2ccc(F)cc2)c1C=C[C@H](O)C[C@@H](O)CC(=O)N[C@H](C)C(=O)O. The Balaban J connectivity index is 2.41. The van der Waals surface area contributed by atoms with Gasteiger partial charge in [0.05, 0.1) is 36.3 Å². The van der Waals surface area contributed by atoms with Crippen molar-refractivity contribution in [2.45, 2.75) is 57.8 Å². The van der Waals surface area contributed by atoms with Crippen molar-refractivity contribution < 1.29 is 37.7 Å². The minimum Gasteiger partial charge on any atom is -0.480 e. The van der Waals surface area contributed by atoms with Crippen molar-refractivity contribution in [2.24, 2.45) is 0 Å². The van der Waals surface area contributed by atoms with E-state index in [1.807, 2.05) is 13.8 Å². The summed E-state index contributed by atoms with van der Waals surface area (Å²) in [6, 6.07) is 4.33. The Morgan fingerprint density at radius 1 is 1.13 bits per heavy atom. The summed E-state index contributed by atoms with van der Waals surface area (Å²) in [5.41, 5.74) is 1.71. The summed E-state index contributed by atoms with van der Waals surface area (Å²) in [5.74, 6) is -2.65. The van der Waals surface area contributed by atoms with Crippen molar-refractivity contribution >= 4 is 33.9 Å². The van der Waals surface area contributed by atoms with Gasteiger partial charge in [-0.3, -0.25) is 9.59 Å². The third-order valence-corrected chi connectivity index (χ3v) is 6.73. The molecule has 1 heterocycles. The smallest absolute Gasteiger partial charge is 0.325 e. The molecular formula is C25H33FN4O7S. The van der Waals surface area contributed by atoms with Gasteiger partial charge in [-0.2, -0.15) is 0 Å². The Labute approximate surface area is 221 Å². The molecule has 208 valence electrons. The van der Waals surface area contributed by atoms with Gasteiger partial charge >= 0.3 is 5.97 Å². The van der Waals surface area contributed by atoms with Gasteiger partial charge in [0.25, 0.3) is 0 Å². The second kappa shape index (κ2) is 12.9. The van der Waals surface area contributed by atoms with E-state index in [9.17, 15) is 32.6 Å². The number of carboxylic acid groups (broad SMARTS) is 1. The first kappa shape index (κ1) is 30.8. The van der Waals surface area contributed by atoms with Crippen LogP contribution in [0.4, 0.5) is 10.3 Å². The van der Waals surface area contributed by atoms with Gasteiger partial charge in [-0.15, -0.1) is 0 Å². The van der Waals surface area contributed by atoms with Crippen LogP contribution in [0.5, 0.6) is 0 Å². The number of aliphatic hydroxyl groups is 2. The molecule has 0 unspecified atom stereocenters. The summed E-state index contributed by atoms with van der Waals surface area (Å²) in [7, 11) is -2.36. The zero-order valence-electron chi connectivity index (χ0n) is 21.8. The van der Waals surface area contributed by atoms with Crippen LogP contribution in [-0.2, 0) is 19.6 Å². The van der Waals surface area contributed by atoms with Crippen LogP contribution in [0.3, 0.4) is 0 Å². The largest absolute Gasteiger partial charge is 0.480 e. The highest BCUT2D eigenvalue weighted by Crippen LogP contribution is 2.31. The molecule has 0 aliphatic heterocycles. The van der Waals surface area contributed by atoms with Crippen molar-refractivity contribution in [3.63, 3.8) is 0 Å². The molecule has 2 rings (SSSR count). The van der Waals surface area contributed by atoms with Crippen molar-refractivity contribution in [3.05, 3.63) is 47.4 Å². The van der Waals surface area contributed by atoms with Crippen molar-refractivity contribution in [1.29, 1.82) is 0 Å². The van der Waals surface area contributed by atoms with E-state index in [1.54, 1.807) is 0 Å². The lowest BCUT2D eigenvalue weighted by Gasteiger charge is -2.20. The van der Waals surface area contributed by atoms with E-state index in [4.69, 9.17) is 5.11 Å². The lowest BCUT2D eigenvalue weighted by Crippen LogP contribution is -2.39. The number of rotatable bonds is 12. The number of hydrogen-bond donors (Lipinski definition) is 4. The fourth-order valence-electron chi connectivity index (χ4n) is 3.42. The van der Waals surface area contributed by atoms with E-state index in [-0.39, 0.29) is 18.3 Å². The summed E-state index contributed by atoms with van der Waals surface area (Å²) < 4.78 is 38.8. The second-order valence-corrected chi connectivity index (χ2v) is 11.2. The Morgan fingerprint density at radius 2 is 1.74 bits per heavy atom. The first-order valence-corrected chi connectivity index (χ1v) is 13.6. The standard InChI is InChI=1S/C25H33FN4O7S/c1-14(2)22-20(11-10-18(31)12-19(32)13-21(33)27-15(3)24(34)35)23(16-6-8-17(26)9-7-16)29-25(28-22)30(4)38(5,36)37/h6-11,14-15,18-19,31-32H,12-13H2,1-5H3,(H,27,33)(H,34,35)/t15-,18+,19-/m1/s1.